The van der Waals surface area contributed by atoms with Crippen LogP contribution in [0.2, 0.25) is 0 Å². The van der Waals surface area contributed by atoms with E-state index in [0.29, 0.717) is 6.54 Å². The number of hydrogen-bond acceptors (Lipinski definition) is 4. The van der Waals surface area contributed by atoms with Gasteiger partial charge in [-0.2, -0.15) is 5.10 Å². The zero-order valence-electron chi connectivity index (χ0n) is 6.64. The van der Waals surface area contributed by atoms with Gasteiger partial charge in [-0.25, -0.2) is 9.67 Å². The second-order valence-corrected chi connectivity index (χ2v) is 4.18. The molecule has 0 spiro atoms. The largest absolute Gasteiger partial charge is 0.325 e. The Morgan fingerprint density at radius 3 is 3.00 bits per heavy atom. The molecule has 2 rings (SSSR count). The number of thiazole rings is 1. The summed E-state index contributed by atoms with van der Waals surface area (Å²) in [6, 6.07) is 0. The second kappa shape index (κ2) is 3.57. The van der Waals surface area contributed by atoms with Crippen molar-refractivity contribution < 1.29 is 0 Å². The predicted octanol–water partition coefficient (Wildman–Crippen LogP) is 1.55. The molecule has 0 unspecified atom stereocenters. The van der Waals surface area contributed by atoms with Crippen LogP contribution >= 0.6 is 27.3 Å². The number of rotatable bonds is 2. The van der Waals surface area contributed by atoms with Gasteiger partial charge in [-0.05, 0) is 15.9 Å². The SMILES string of the molecule is NCc1csc(-n2cc(Br)cn2)n1. The third-order valence-electron chi connectivity index (χ3n) is 1.50. The number of nitrogens with two attached hydrogens (primary N) is 1. The van der Waals surface area contributed by atoms with Crippen molar-refractivity contribution in [2.24, 2.45) is 5.73 Å². The molecular weight excluding hydrogens is 252 g/mol. The van der Waals surface area contributed by atoms with Crippen LogP contribution in [0.5, 0.6) is 0 Å². The van der Waals surface area contributed by atoms with Crippen molar-refractivity contribution in [3.63, 3.8) is 0 Å². The predicted molar refractivity (Wildman–Crippen MR) is 54.8 cm³/mol. The molecule has 0 atom stereocenters. The van der Waals surface area contributed by atoms with Crippen molar-refractivity contribution in [3.8, 4) is 5.13 Å². The summed E-state index contributed by atoms with van der Waals surface area (Å²) in [5.74, 6) is 0. The van der Waals surface area contributed by atoms with Crippen LogP contribution in [0.4, 0.5) is 0 Å². The topological polar surface area (TPSA) is 56.7 Å². The minimum Gasteiger partial charge on any atom is -0.325 e. The summed E-state index contributed by atoms with van der Waals surface area (Å²) >= 11 is 4.85. The Labute approximate surface area is 87.5 Å². The molecule has 6 heteroatoms. The summed E-state index contributed by atoms with van der Waals surface area (Å²) < 4.78 is 2.66. The highest BCUT2D eigenvalue weighted by molar-refractivity contribution is 9.10. The maximum absolute atomic E-state index is 5.45. The van der Waals surface area contributed by atoms with E-state index in [1.807, 2.05) is 11.6 Å². The minimum absolute atomic E-state index is 0.471. The third kappa shape index (κ3) is 1.79. The Bertz CT molecular complexity index is 408. The first-order valence-electron chi connectivity index (χ1n) is 3.64. The fourth-order valence-corrected chi connectivity index (χ4v) is 1.95. The summed E-state index contributed by atoms with van der Waals surface area (Å²) in [4.78, 5) is 4.29. The van der Waals surface area contributed by atoms with E-state index < -0.39 is 0 Å². The molecule has 68 valence electrons. The van der Waals surface area contributed by atoms with Crippen molar-refractivity contribution in [1.82, 2.24) is 14.8 Å². The van der Waals surface area contributed by atoms with Crippen molar-refractivity contribution >= 4 is 27.3 Å². The van der Waals surface area contributed by atoms with Gasteiger partial charge in [0.2, 0.25) is 5.13 Å². The van der Waals surface area contributed by atoms with Gasteiger partial charge in [0, 0.05) is 18.1 Å². The normalized spacial score (nSPS) is 10.6. The van der Waals surface area contributed by atoms with Crippen LogP contribution in [-0.2, 0) is 6.54 Å². The van der Waals surface area contributed by atoms with Gasteiger partial charge >= 0.3 is 0 Å². The molecule has 2 heterocycles. The Morgan fingerprint density at radius 2 is 2.46 bits per heavy atom. The van der Waals surface area contributed by atoms with E-state index in [1.165, 1.54) is 11.3 Å². The lowest BCUT2D eigenvalue weighted by atomic mass is 10.5. The Morgan fingerprint density at radius 1 is 1.62 bits per heavy atom. The van der Waals surface area contributed by atoms with Crippen molar-refractivity contribution in [1.29, 1.82) is 0 Å². The molecule has 0 amide bonds. The van der Waals surface area contributed by atoms with Crippen LogP contribution in [-0.4, -0.2) is 14.8 Å². The summed E-state index contributed by atoms with van der Waals surface area (Å²) in [6.07, 6.45) is 3.59. The molecule has 2 aromatic heterocycles. The van der Waals surface area contributed by atoms with Crippen molar-refractivity contribution in [3.05, 3.63) is 27.9 Å². The molecule has 0 aliphatic rings. The molecule has 0 aliphatic carbocycles. The standard InChI is InChI=1S/C7H7BrN4S/c8-5-2-10-12(3-5)7-11-6(1-9)4-13-7/h2-4H,1,9H2. The van der Waals surface area contributed by atoms with E-state index in [9.17, 15) is 0 Å². The van der Waals surface area contributed by atoms with Crippen molar-refractivity contribution in [2.45, 2.75) is 6.54 Å². The van der Waals surface area contributed by atoms with Gasteiger partial charge in [-0.15, -0.1) is 11.3 Å². The minimum atomic E-state index is 0.471. The van der Waals surface area contributed by atoms with Crippen LogP contribution in [0.25, 0.3) is 5.13 Å². The van der Waals surface area contributed by atoms with Gasteiger partial charge in [-0.1, -0.05) is 0 Å². The van der Waals surface area contributed by atoms with E-state index in [4.69, 9.17) is 5.73 Å². The van der Waals surface area contributed by atoms with Crippen LogP contribution in [0.1, 0.15) is 5.69 Å². The smallest absolute Gasteiger partial charge is 0.210 e. The Kier molecular flexibility index (Phi) is 2.43. The molecule has 0 saturated heterocycles. The molecule has 0 fully saturated rings. The molecule has 13 heavy (non-hydrogen) atoms. The zero-order valence-corrected chi connectivity index (χ0v) is 9.05. The van der Waals surface area contributed by atoms with Gasteiger partial charge < -0.3 is 5.73 Å². The Balaban J connectivity index is 2.35. The van der Waals surface area contributed by atoms with Crippen LogP contribution in [0.15, 0.2) is 22.2 Å². The van der Waals surface area contributed by atoms with Crippen LogP contribution in [0.3, 0.4) is 0 Å². The quantitative estimate of drug-likeness (QED) is 0.890. The molecular formula is C7H7BrN4S. The highest BCUT2D eigenvalue weighted by Crippen LogP contribution is 2.16. The van der Waals surface area contributed by atoms with Crippen LogP contribution < -0.4 is 5.73 Å². The van der Waals surface area contributed by atoms with Gasteiger partial charge in [0.1, 0.15) is 0 Å². The van der Waals surface area contributed by atoms with E-state index in [2.05, 4.69) is 26.0 Å². The monoisotopic (exact) mass is 258 g/mol. The van der Waals surface area contributed by atoms with Gasteiger partial charge in [0.25, 0.3) is 0 Å². The average Bonchev–Trinajstić information content (AvgIpc) is 2.71. The van der Waals surface area contributed by atoms with Gasteiger partial charge in [0.05, 0.1) is 16.4 Å². The van der Waals surface area contributed by atoms with E-state index in [1.54, 1.807) is 10.9 Å². The molecule has 0 aromatic carbocycles. The van der Waals surface area contributed by atoms with Gasteiger partial charge in [0.15, 0.2) is 0 Å². The molecule has 0 radical (unpaired) electrons. The van der Waals surface area contributed by atoms with E-state index >= 15 is 0 Å². The van der Waals surface area contributed by atoms with E-state index in [-0.39, 0.29) is 0 Å². The molecule has 2 N–H and O–H groups in total. The Hall–Kier alpha value is -0.720. The van der Waals surface area contributed by atoms with Crippen molar-refractivity contribution in [2.75, 3.05) is 0 Å². The van der Waals surface area contributed by atoms with E-state index in [0.717, 1.165) is 15.3 Å². The maximum Gasteiger partial charge on any atom is 0.210 e. The fraction of sp³-hybridized carbons (Fsp3) is 0.143. The third-order valence-corrected chi connectivity index (χ3v) is 2.78. The first kappa shape index (κ1) is 8.86. The average molecular weight is 259 g/mol. The number of hydrogen-bond donors (Lipinski definition) is 1. The van der Waals surface area contributed by atoms with Gasteiger partial charge in [-0.3, -0.25) is 0 Å². The first-order valence-corrected chi connectivity index (χ1v) is 5.32. The molecule has 0 bridgehead atoms. The lowest BCUT2D eigenvalue weighted by Crippen LogP contribution is -1.98. The zero-order chi connectivity index (χ0) is 9.26. The second-order valence-electron chi connectivity index (χ2n) is 2.43. The summed E-state index contributed by atoms with van der Waals surface area (Å²) in [7, 11) is 0. The maximum atomic E-state index is 5.45. The lowest BCUT2D eigenvalue weighted by Gasteiger charge is -1.91. The lowest BCUT2D eigenvalue weighted by molar-refractivity contribution is 0.856. The summed E-state index contributed by atoms with van der Waals surface area (Å²) in [5.41, 5.74) is 6.35. The molecule has 4 nitrogen and oxygen atoms in total. The summed E-state index contributed by atoms with van der Waals surface area (Å²) in [5, 5.41) is 6.89. The highest BCUT2D eigenvalue weighted by atomic mass is 79.9. The number of nitrogens with zero attached hydrogens (tertiary/aromatic N) is 3. The number of halogens is 1. The highest BCUT2D eigenvalue weighted by Gasteiger charge is 2.03. The molecule has 0 aliphatic heterocycles. The molecule has 0 saturated carbocycles. The summed E-state index contributed by atoms with van der Waals surface area (Å²) in [6.45, 7) is 0.471. The van der Waals surface area contributed by atoms with Crippen LogP contribution in [0, 0.1) is 0 Å². The first-order chi connectivity index (χ1) is 6.29. The number of aromatic nitrogens is 3. The molecule has 2 aromatic rings. The fourth-order valence-electron chi connectivity index (χ4n) is 0.901.